The molecule has 5 heterocycles. The third-order valence-electron chi connectivity index (χ3n) is 9.93. The third-order valence-corrected chi connectivity index (χ3v) is 9.93. The van der Waals surface area contributed by atoms with Gasteiger partial charge >= 0.3 is 5.96 Å². The molecule has 0 unspecified atom stereocenters. The van der Waals surface area contributed by atoms with E-state index in [1.165, 1.54) is 0 Å². The van der Waals surface area contributed by atoms with E-state index in [9.17, 15) is 9.59 Å². The Morgan fingerprint density at radius 1 is 0.836 bits per heavy atom. The molecule has 0 aliphatic carbocycles. The number of hydrogen-bond acceptors (Lipinski definition) is 15. The van der Waals surface area contributed by atoms with Gasteiger partial charge in [0.05, 0.1) is 57.5 Å². The predicted octanol–water partition coefficient (Wildman–Crippen LogP) is -7.74. The number of rotatable bonds is 25. The van der Waals surface area contributed by atoms with E-state index in [4.69, 9.17) is 47.1 Å². The lowest BCUT2D eigenvalue weighted by Crippen LogP contribution is -3.00. The molecule has 0 spiro atoms. The first-order valence-corrected chi connectivity index (χ1v) is 20.7. The van der Waals surface area contributed by atoms with Crippen LogP contribution in [0.4, 0.5) is 17.8 Å². The molecule has 2 fully saturated rings. The zero-order valence-corrected chi connectivity index (χ0v) is 35.9. The van der Waals surface area contributed by atoms with Crippen LogP contribution in [0.2, 0.25) is 0 Å². The van der Waals surface area contributed by atoms with Crippen molar-refractivity contribution in [3.8, 4) is 12.3 Å². The average molecular weight is 874 g/mol. The molecule has 0 bridgehead atoms. The van der Waals surface area contributed by atoms with Crippen LogP contribution in [0.3, 0.4) is 0 Å². The number of piperazine rings is 2. The minimum absolute atomic E-state index is 0. The Balaban J connectivity index is 0.00000819. The molecule has 5 rings (SSSR count). The molecule has 61 heavy (non-hydrogen) atoms. The maximum Gasteiger partial charge on any atom is 0.338 e. The number of terminal acetylenes is 1. The quantitative estimate of drug-likeness (QED) is 0.0229. The number of amides is 2. The first-order valence-electron chi connectivity index (χ1n) is 20.7. The molecule has 0 radical (unpaired) electrons. The van der Waals surface area contributed by atoms with Crippen LogP contribution in [0.1, 0.15) is 43.6 Å². The minimum atomic E-state index is -0.516. The molecule has 2 aliphatic rings. The Morgan fingerprint density at radius 3 is 2.10 bits per heavy atom. The van der Waals surface area contributed by atoms with Crippen molar-refractivity contribution in [3.05, 3.63) is 23.8 Å². The number of carbonyl (C=O) groups is 2. The van der Waals surface area contributed by atoms with Gasteiger partial charge in [0.15, 0.2) is 0 Å². The number of unbranched alkanes of at least 4 members (excludes halogenated alkanes) is 1. The Bertz CT molecular complexity index is 1840. The number of nitrogens with two attached hydrogens (primary N) is 2. The monoisotopic (exact) mass is 873 g/mol. The van der Waals surface area contributed by atoms with Crippen molar-refractivity contribution in [1.29, 1.82) is 0 Å². The maximum atomic E-state index is 13.6. The average Bonchev–Trinajstić information content (AvgIpc) is 3.93. The number of guanidine groups is 1. The molecule has 1 atom stereocenters. The van der Waals surface area contributed by atoms with Gasteiger partial charge in [-0.3, -0.25) is 26.0 Å². The lowest BCUT2D eigenvalue weighted by molar-refractivity contribution is -0.459. The number of nitrogens with zero attached hydrogens (tertiary/aromatic N) is 13. The number of aryl methyl sites for hydroxylation is 2. The molecule has 23 nitrogen and oxygen atoms in total. The van der Waals surface area contributed by atoms with Crippen molar-refractivity contribution in [1.82, 2.24) is 54.7 Å². The molecule has 2 aliphatic heterocycles. The Kier molecular flexibility index (Phi) is 20.6. The number of nitrogens with one attached hydrogen (secondary N) is 2. The second-order valence-corrected chi connectivity index (χ2v) is 14.4. The summed E-state index contributed by atoms with van der Waals surface area (Å²) in [7, 11) is 0. The zero-order chi connectivity index (χ0) is 42.5. The van der Waals surface area contributed by atoms with Crippen molar-refractivity contribution in [2.45, 2.75) is 51.6 Å². The Morgan fingerprint density at radius 2 is 1.44 bits per heavy atom. The molecule has 2 amide bonds. The first-order chi connectivity index (χ1) is 29.2. The second kappa shape index (κ2) is 26.0. The normalized spacial score (nSPS) is 14.6. The summed E-state index contributed by atoms with van der Waals surface area (Å²) in [4.78, 5) is 51.9. The summed E-state index contributed by atoms with van der Waals surface area (Å²) in [6.07, 6.45) is 13.1. The van der Waals surface area contributed by atoms with Crippen molar-refractivity contribution >= 4 is 35.6 Å². The Hall–Kier alpha value is -5.41. The number of carbonyl (C=O) groups excluding carboxylic acids is 2. The molecular weight excluding hydrogens is 812 g/mol. The molecule has 3 aromatic heterocycles. The summed E-state index contributed by atoms with van der Waals surface area (Å²) < 4.78 is 19.7. The number of quaternary nitrogens is 1. The highest BCUT2D eigenvalue weighted by atomic mass is 35.5. The highest BCUT2D eigenvalue weighted by Gasteiger charge is 2.29. The SMILES string of the molecule is C#CCOCCOCCOCCNc1nc(N2CCN(C(=O)Cn3cc(CCCC[NH3+])nn3)CC2)nc(N2CCN(C(=O)[C@H](C)n3cc(CCC[NH+]=C(N)N)nn3)CC2)n1.[Cl-]. The van der Waals surface area contributed by atoms with E-state index in [-0.39, 0.29) is 43.3 Å². The molecule has 0 saturated carbocycles. The molecule has 9 N–H and O–H groups in total. The number of anilines is 3. The van der Waals surface area contributed by atoms with E-state index in [0.29, 0.717) is 123 Å². The second-order valence-electron chi connectivity index (χ2n) is 14.4. The number of aromatic nitrogens is 9. The van der Waals surface area contributed by atoms with Gasteiger partial charge in [0.25, 0.3) is 0 Å². The van der Waals surface area contributed by atoms with Gasteiger partial charge in [0, 0.05) is 71.3 Å². The van der Waals surface area contributed by atoms with Crippen LogP contribution in [0.15, 0.2) is 12.4 Å². The van der Waals surface area contributed by atoms with Gasteiger partial charge in [-0.25, -0.2) is 9.36 Å². The van der Waals surface area contributed by atoms with E-state index >= 15 is 0 Å². The molecule has 0 aromatic carbocycles. The zero-order valence-electron chi connectivity index (χ0n) is 35.2. The number of hydrogen-bond donors (Lipinski definition) is 5. The predicted molar refractivity (Wildman–Crippen MR) is 220 cm³/mol. The summed E-state index contributed by atoms with van der Waals surface area (Å²) in [5, 5.41) is 20.1. The fourth-order valence-corrected chi connectivity index (χ4v) is 6.55. The Labute approximate surface area is 362 Å². The van der Waals surface area contributed by atoms with Crippen molar-refractivity contribution in [2.75, 3.05) is 127 Å². The maximum absolute atomic E-state index is 13.6. The van der Waals surface area contributed by atoms with Gasteiger partial charge < -0.3 is 57.3 Å². The fraction of sp³-hybridized carbons (Fsp3) is 0.676. The molecule has 2 saturated heterocycles. The highest BCUT2D eigenvalue weighted by Crippen LogP contribution is 2.21. The lowest BCUT2D eigenvalue weighted by atomic mass is 10.2. The van der Waals surface area contributed by atoms with Crippen molar-refractivity contribution < 1.29 is 46.9 Å². The van der Waals surface area contributed by atoms with Crippen LogP contribution in [0.5, 0.6) is 0 Å². The molecule has 336 valence electrons. The summed E-state index contributed by atoms with van der Waals surface area (Å²) in [6, 6.07) is -0.516. The lowest BCUT2D eigenvalue weighted by Gasteiger charge is -2.37. The molecular formula is C37H62ClN18O5+. The molecule has 3 aromatic rings. The standard InChI is InChI=1S/C37H60N18O5.ClH/c1-3-20-58-22-24-60-25-23-59-21-11-42-35-43-36(52-16-12-50(13-17-52)32(56)28-54-26-30(46-48-54)7-4-5-9-38)45-37(44-35)53-18-14-51(15-19-53)33(57)29(2)55-27-31(47-49-55)8-6-10-41-34(39)40;/h1,26-27,29H,4-25,28,38H2,2H3,(H4,39,40,41)(H,42,43,44,45);1H/p+1/t29-;/m0./s1. The van der Waals surface area contributed by atoms with Crippen LogP contribution in [-0.4, -0.2) is 184 Å². The van der Waals surface area contributed by atoms with Crippen molar-refractivity contribution in [3.63, 3.8) is 0 Å². The molecule has 24 heteroatoms. The van der Waals surface area contributed by atoms with Crippen LogP contribution in [0.25, 0.3) is 0 Å². The first kappa shape index (κ1) is 48.3. The van der Waals surface area contributed by atoms with Gasteiger partial charge in [-0.15, -0.1) is 16.6 Å². The number of ether oxygens (including phenoxy) is 3. The number of halogens is 1. The third kappa shape index (κ3) is 15.9. The van der Waals surface area contributed by atoms with Gasteiger partial charge in [0.2, 0.25) is 29.7 Å². The van der Waals surface area contributed by atoms with Gasteiger partial charge in [-0.05, 0) is 39.0 Å². The van der Waals surface area contributed by atoms with Crippen molar-refractivity contribution in [2.24, 2.45) is 11.5 Å². The van der Waals surface area contributed by atoms with Gasteiger partial charge in [0.1, 0.15) is 19.2 Å². The smallest absolute Gasteiger partial charge is 0.338 e. The van der Waals surface area contributed by atoms with Crippen LogP contribution < -0.4 is 49.7 Å². The van der Waals surface area contributed by atoms with E-state index in [1.807, 2.05) is 29.1 Å². The van der Waals surface area contributed by atoms with E-state index < -0.39 is 6.04 Å². The minimum Gasteiger partial charge on any atom is -1.00 e. The van der Waals surface area contributed by atoms with Crippen LogP contribution in [0, 0.1) is 12.3 Å². The van der Waals surface area contributed by atoms with E-state index in [2.05, 4.69) is 52.4 Å². The van der Waals surface area contributed by atoms with Crippen LogP contribution in [-0.2, 0) is 43.2 Å². The van der Waals surface area contributed by atoms with E-state index in [1.54, 1.807) is 9.36 Å². The van der Waals surface area contributed by atoms with Gasteiger partial charge in [-0.2, -0.15) is 15.0 Å². The van der Waals surface area contributed by atoms with E-state index in [0.717, 1.165) is 43.6 Å². The van der Waals surface area contributed by atoms with Gasteiger partial charge in [-0.1, -0.05) is 16.3 Å². The fourth-order valence-electron chi connectivity index (χ4n) is 6.55. The summed E-state index contributed by atoms with van der Waals surface area (Å²) in [6.45, 7) is 10.4. The van der Waals surface area contributed by atoms with Crippen LogP contribution >= 0.6 is 0 Å². The summed E-state index contributed by atoms with van der Waals surface area (Å²) in [5.41, 5.74) is 16.5. The highest BCUT2D eigenvalue weighted by molar-refractivity contribution is 5.80. The summed E-state index contributed by atoms with van der Waals surface area (Å²) >= 11 is 0. The summed E-state index contributed by atoms with van der Waals surface area (Å²) in [5.74, 6) is 3.96. The topological polar surface area (TPSA) is 281 Å². The largest absolute Gasteiger partial charge is 1.00 e.